The first-order chi connectivity index (χ1) is 8.61. The summed E-state index contributed by atoms with van der Waals surface area (Å²) in [5.74, 6) is 0.545. The third-order valence-electron chi connectivity index (χ3n) is 3.02. The first kappa shape index (κ1) is 13.4. The van der Waals surface area contributed by atoms with E-state index in [0.717, 1.165) is 12.2 Å². The van der Waals surface area contributed by atoms with Gasteiger partial charge in [-0.1, -0.05) is 17.7 Å². The van der Waals surface area contributed by atoms with Gasteiger partial charge in [-0.25, -0.2) is 4.98 Å². The largest absolute Gasteiger partial charge is 0.369 e. The zero-order chi connectivity index (χ0) is 13.1. The second-order valence-corrected chi connectivity index (χ2v) is 5.69. The highest BCUT2D eigenvalue weighted by Gasteiger charge is 2.10. The fourth-order valence-corrected chi connectivity index (χ4v) is 3.02. The number of aromatic nitrogens is 1. The summed E-state index contributed by atoms with van der Waals surface area (Å²) in [6, 6.07) is 6.42. The highest BCUT2D eigenvalue weighted by Crippen LogP contribution is 2.25. The smallest absolute Gasteiger partial charge is 0.0798 e. The van der Waals surface area contributed by atoms with E-state index in [-0.39, 0.29) is 0 Å². The molecule has 0 atom stereocenters. The van der Waals surface area contributed by atoms with Crippen molar-refractivity contribution in [2.24, 2.45) is 0 Å². The first-order valence-corrected chi connectivity index (χ1v) is 7.29. The number of nitrogens with zero attached hydrogens (tertiary/aromatic N) is 2. The molecule has 2 aromatic rings. The third kappa shape index (κ3) is 2.85. The minimum absolute atomic E-state index is 0.545. The second-order valence-electron chi connectivity index (χ2n) is 4.48. The van der Waals surface area contributed by atoms with Crippen LogP contribution >= 0.6 is 22.9 Å². The summed E-state index contributed by atoms with van der Waals surface area (Å²) in [5, 5.41) is 0. The lowest BCUT2D eigenvalue weighted by Gasteiger charge is -2.22. The van der Waals surface area contributed by atoms with E-state index >= 15 is 0 Å². The van der Waals surface area contributed by atoms with Gasteiger partial charge in [-0.3, -0.25) is 0 Å². The summed E-state index contributed by atoms with van der Waals surface area (Å²) in [4.78, 5) is 7.82. The number of benzene rings is 1. The molecule has 0 N–H and O–H groups in total. The molecule has 0 spiro atoms. The lowest BCUT2D eigenvalue weighted by atomic mass is 10.1. The molecular weight excluding hydrogens is 264 g/mol. The number of rotatable bonds is 4. The molecule has 2 nitrogen and oxygen atoms in total. The lowest BCUT2D eigenvalue weighted by Crippen LogP contribution is -2.17. The van der Waals surface area contributed by atoms with Crippen molar-refractivity contribution in [3.05, 3.63) is 45.4 Å². The number of alkyl halides is 1. The Morgan fingerprint density at radius 3 is 2.72 bits per heavy atom. The average molecular weight is 281 g/mol. The van der Waals surface area contributed by atoms with Crippen molar-refractivity contribution in [3.63, 3.8) is 0 Å². The van der Waals surface area contributed by atoms with Crippen molar-refractivity contribution < 1.29 is 0 Å². The van der Waals surface area contributed by atoms with E-state index in [4.69, 9.17) is 11.6 Å². The molecule has 0 saturated heterocycles. The summed E-state index contributed by atoms with van der Waals surface area (Å²) >= 11 is 7.73. The van der Waals surface area contributed by atoms with Crippen LogP contribution in [0.25, 0.3) is 0 Å². The molecule has 1 aromatic heterocycles. The van der Waals surface area contributed by atoms with Crippen molar-refractivity contribution in [3.8, 4) is 0 Å². The number of anilines is 1. The molecule has 0 radical (unpaired) electrons. The third-order valence-corrected chi connectivity index (χ3v) is 4.22. The van der Waals surface area contributed by atoms with Crippen LogP contribution in [0.1, 0.15) is 21.7 Å². The van der Waals surface area contributed by atoms with Crippen molar-refractivity contribution in [1.82, 2.24) is 4.98 Å². The maximum atomic E-state index is 6.02. The minimum Gasteiger partial charge on any atom is -0.369 e. The molecule has 2 rings (SSSR count). The normalized spacial score (nSPS) is 10.7. The Hall–Kier alpha value is -1.06. The number of halogens is 1. The van der Waals surface area contributed by atoms with E-state index in [1.165, 1.54) is 21.7 Å². The zero-order valence-electron chi connectivity index (χ0n) is 10.9. The molecule has 1 heterocycles. The van der Waals surface area contributed by atoms with Crippen LogP contribution in [0.3, 0.4) is 0 Å². The van der Waals surface area contributed by atoms with Gasteiger partial charge in [0, 0.05) is 23.5 Å². The van der Waals surface area contributed by atoms with Crippen molar-refractivity contribution in [2.75, 3.05) is 11.9 Å². The van der Waals surface area contributed by atoms with Gasteiger partial charge in [0.1, 0.15) is 0 Å². The molecule has 0 fully saturated rings. The van der Waals surface area contributed by atoms with E-state index in [0.29, 0.717) is 5.88 Å². The van der Waals surface area contributed by atoms with Gasteiger partial charge in [0.25, 0.3) is 0 Å². The van der Waals surface area contributed by atoms with Gasteiger partial charge in [-0.2, -0.15) is 0 Å². The van der Waals surface area contributed by atoms with Crippen LogP contribution in [0.2, 0.25) is 0 Å². The quantitative estimate of drug-likeness (QED) is 0.783. The van der Waals surface area contributed by atoms with Gasteiger partial charge in [0.2, 0.25) is 0 Å². The van der Waals surface area contributed by atoms with Crippen LogP contribution in [0, 0.1) is 13.8 Å². The maximum absolute atomic E-state index is 6.02. The molecule has 0 amide bonds. The minimum atomic E-state index is 0.545. The Balaban J connectivity index is 2.23. The molecule has 0 aliphatic carbocycles. The van der Waals surface area contributed by atoms with Crippen molar-refractivity contribution >= 4 is 28.6 Å². The lowest BCUT2D eigenvalue weighted by molar-refractivity contribution is 0.918. The Bertz CT molecular complexity index is 536. The van der Waals surface area contributed by atoms with Crippen LogP contribution in [-0.2, 0) is 12.4 Å². The number of hydrogen-bond donors (Lipinski definition) is 0. The summed E-state index contributed by atoms with van der Waals surface area (Å²) in [6.07, 6.45) is 0. The first-order valence-electron chi connectivity index (χ1n) is 5.87. The van der Waals surface area contributed by atoms with E-state index in [2.05, 4.69) is 49.0 Å². The topological polar surface area (TPSA) is 16.1 Å². The van der Waals surface area contributed by atoms with Gasteiger partial charge < -0.3 is 4.90 Å². The zero-order valence-corrected chi connectivity index (χ0v) is 12.5. The van der Waals surface area contributed by atoms with Crippen LogP contribution in [-0.4, -0.2) is 12.0 Å². The Labute approximate surface area is 117 Å². The average Bonchev–Trinajstić information content (AvgIpc) is 2.74. The standard InChI is InChI=1S/C14H17ClN2S/c1-10-4-5-13(12(6-10)7-15)17(3)8-14-11(2)16-9-18-14/h4-6,9H,7-8H2,1-3H3. The van der Waals surface area contributed by atoms with Crippen LogP contribution in [0.15, 0.2) is 23.7 Å². The maximum Gasteiger partial charge on any atom is 0.0798 e. The van der Waals surface area contributed by atoms with Gasteiger partial charge >= 0.3 is 0 Å². The summed E-state index contributed by atoms with van der Waals surface area (Å²) < 4.78 is 0. The Morgan fingerprint density at radius 2 is 2.11 bits per heavy atom. The second kappa shape index (κ2) is 5.72. The molecule has 0 bridgehead atoms. The molecule has 4 heteroatoms. The predicted octanol–water partition coefficient (Wildman–Crippen LogP) is 4.14. The molecule has 0 saturated carbocycles. The SMILES string of the molecule is Cc1ccc(N(C)Cc2scnc2C)c(CCl)c1. The van der Waals surface area contributed by atoms with Crippen LogP contribution < -0.4 is 4.90 Å². The van der Waals surface area contributed by atoms with Crippen LogP contribution in [0.4, 0.5) is 5.69 Å². The molecule has 96 valence electrons. The Kier molecular flexibility index (Phi) is 4.25. The van der Waals surface area contributed by atoms with E-state index in [9.17, 15) is 0 Å². The highest BCUT2D eigenvalue weighted by atomic mass is 35.5. The molecule has 0 aliphatic rings. The van der Waals surface area contributed by atoms with Crippen molar-refractivity contribution in [2.45, 2.75) is 26.3 Å². The molecule has 18 heavy (non-hydrogen) atoms. The van der Waals surface area contributed by atoms with Crippen LogP contribution in [0.5, 0.6) is 0 Å². The highest BCUT2D eigenvalue weighted by molar-refractivity contribution is 7.09. The summed E-state index contributed by atoms with van der Waals surface area (Å²) in [5.41, 5.74) is 6.64. The van der Waals surface area contributed by atoms with E-state index < -0.39 is 0 Å². The van der Waals surface area contributed by atoms with Gasteiger partial charge in [-0.15, -0.1) is 22.9 Å². The number of hydrogen-bond acceptors (Lipinski definition) is 3. The molecule has 0 unspecified atom stereocenters. The fourth-order valence-electron chi connectivity index (χ4n) is 1.97. The Morgan fingerprint density at radius 1 is 1.33 bits per heavy atom. The monoisotopic (exact) mass is 280 g/mol. The van der Waals surface area contributed by atoms with E-state index in [1.807, 2.05) is 5.51 Å². The molecule has 0 aliphatic heterocycles. The summed E-state index contributed by atoms with van der Waals surface area (Å²) in [6.45, 7) is 5.02. The van der Waals surface area contributed by atoms with Gasteiger partial charge in [-0.05, 0) is 25.5 Å². The number of aryl methyl sites for hydroxylation is 2. The van der Waals surface area contributed by atoms with Crippen molar-refractivity contribution in [1.29, 1.82) is 0 Å². The number of thiazole rings is 1. The molecule has 1 aromatic carbocycles. The molecular formula is C14H17ClN2S. The van der Waals surface area contributed by atoms with Gasteiger partial charge in [0.05, 0.1) is 17.7 Å². The van der Waals surface area contributed by atoms with E-state index in [1.54, 1.807) is 11.3 Å². The summed E-state index contributed by atoms with van der Waals surface area (Å²) in [7, 11) is 2.10. The fraction of sp³-hybridized carbons (Fsp3) is 0.357. The van der Waals surface area contributed by atoms with Gasteiger partial charge in [0.15, 0.2) is 0 Å². The predicted molar refractivity (Wildman–Crippen MR) is 79.7 cm³/mol.